The molecule has 1 N–H and O–H groups in total. The molecule has 3 aromatic carbocycles. The molecule has 1 aromatic heterocycles. The number of hydrogen-bond donors (Lipinski definition) is 1. The molecule has 0 saturated heterocycles. The zero-order valence-corrected chi connectivity index (χ0v) is 16.8. The van der Waals surface area contributed by atoms with Gasteiger partial charge in [0.15, 0.2) is 6.61 Å². The van der Waals surface area contributed by atoms with E-state index in [0.29, 0.717) is 28.2 Å². The molecule has 0 atom stereocenters. The van der Waals surface area contributed by atoms with Crippen molar-refractivity contribution in [2.45, 2.75) is 0 Å². The second kappa shape index (κ2) is 8.98. The first kappa shape index (κ1) is 20.6. The van der Waals surface area contributed by atoms with Gasteiger partial charge >= 0.3 is 5.97 Å². The third-order valence-electron chi connectivity index (χ3n) is 4.80. The number of carboxylic acids is 1. The van der Waals surface area contributed by atoms with E-state index in [4.69, 9.17) is 10.00 Å². The molecule has 0 unspecified atom stereocenters. The predicted molar refractivity (Wildman–Crippen MR) is 121 cm³/mol. The van der Waals surface area contributed by atoms with Crippen LogP contribution in [0.2, 0.25) is 0 Å². The van der Waals surface area contributed by atoms with Crippen LogP contribution >= 0.6 is 0 Å². The zero-order chi connectivity index (χ0) is 22.5. The van der Waals surface area contributed by atoms with E-state index >= 15 is 0 Å². The van der Waals surface area contributed by atoms with Gasteiger partial charge in [-0.3, -0.25) is 9.36 Å². The normalized spacial score (nSPS) is 10.8. The highest BCUT2D eigenvalue weighted by atomic mass is 16.5. The summed E-state index contributed by atoms with van der Waals surface area (Å²) in [6.07, 6.45) is 3.44. The Morgan fingerprint density at radius 1 is 1.03 bits per heavy atom. The number of hydrogen-bond acceptors (Lipinski definition) is 5. The maximum absolute atomic E-state index is 13.3. The highest BCUT2D eigenvalue weighted by Crippen LogP contribution is 2.21. The minimum Gasteiger partial charge on any atom is -0.478 e. The number of benzene rings is 3. The third-order valence-corrected chi connectivity index (χ3v) is 4.80. The van der Waals surface area contributed by atoms with Crippen LogP contribution in [0.3, 0.4) is 0 Å². The second-order valence-electron chi connectivity index (χ2n) is 6.80. The zero-order valence-electron chi connectivity index (χ0n) is 16.8. The minimum atomic E-state index is -1.05. The highest BCUT2D eigenvalue weighted by Gasteiger charge is 2.12. The summed E-state index contributed by atoms with van der Waals surface area (Å²) in [4.78, 5) is 29.1. The monoisotopic (exact) mass is 423 g/mol. The number of ether oxygens (including phenoxy) is 1. The van der Waals surface area contributed by atoms with Gasteiger partial charge in [0.25, 0.3) is 5.56 Å². The van der Waals surface area contributed by atoms with Crippen LogP contribution in [-0.4, -0.2) is 27.2 Å². The molecule has 1 heterocycles. The molecule has 0 bridgehead atoms. The van der Waals surface area contributed by atoms with E-state index in [-0.39, 0.29) is 17.7 Å². The Kier molecular flexibility index (Phi) is 5.77. The molecule has 0 radical (unpaired) electrons. The van der Waals surface area contributed by atoms with Crippen LogP contribution in [0, 0.1) is 11.3 Å². The van der Waals surface area contributed by atoms with Crippen molar-refractivity contribution in [2.24, 2.45) is 0 Å². The first-order chi connectivity index (χ1) is 15.6. The van der Waals surface area contributed by atoms with Crippen LogP contribution in [0.25, 0.3) is 28.7 Å². The Balaban J connectivity index is 1.87. The largest absolute Gasteiger partial charge is 0.478 e. The molecule has 0 aliphatic heterocycles. The van der Waals surface area contributed by atoms with Crippen LogP contribution in [0.1, 0.15) is 21.7 Å². The lowest BCUT2D eigenvalue weighted by molar-refractivity contribution is 0.0697. The summed E-state index contributed by atoms with van der Waals surface area (Å²) in [6.45, 7) is -0.0836. The fourth-order valence-electron chi connectivity index (χ4n) is 3.29. The van der Waals surface area contributed by atoms with Gasteiger partial charge in [0.2, 0.25) is 0 Å². The molecule has 4 rings (SSSR count). The number of carboxylic acid groups (broad SMARTS) is 1. The van der Waals surface area contributed by atoms with Gasteiger partial charge in [-0.25, -0.2) is 9.78 Å². The summed E-state index contributed by atoms with van der Waals surface area (Å²) in [5, 5.41) is 18.4. The molecule has 4 aromatic rings. The quantitative estimate of drug-likeness (QED) is 0.499. The Morgan fingerprint density at radius 2 is 1.75 bits per heavy atom. The van der Waals surface area contributed by atoms with Crippen LogP contribution in [0.4, 0.5) is 0 Å². The molecule has 0 spiro atoms. The summed E-state index contributed by atoms with van der Waals surface area (Å²) < 4.78 is 6.90. The first-order valence-electron chi connectivity index (χ1n) is 9.71. The van der Waals surface area contributed by atoms with Crippen molar-refractivity contribution in [3.8, 4) is 17.5 Å². The van der Waals surface area contributed by atoms with Gasteiger partial charge in [0.05, 0.1) is 22.2 Å². The van der Waals surface area contributed by atoms with E-state index in [1.807, 2.05) is 18.2 Å². The average Bonchev–Trinajstić information content (AvgIpc) is 2.82. The number of nitriles is 1. The minimum absolute atomic E-state index is 0.0836. The summed E-state index contributed by atoms with van der Waals surface area (Å²) >= 11 is 0. The molecular formula is C25H17N3O4. The standard InChI is InChI=1S/C25H17N3O4/c26-15-16-32-22-8-4-1-5-17(22)11-14-23-27-21-7-3-2-6-20(21)24(29)28(23)19-12-9-18(10-13-19)25(30)31/h1-14H,16H2,(H,30,31)/b14-11+. The average molecular weight is 423 g/mol. The Morgan fingerprint density at radius 3 is 2.50 bits per heavy atom. The molecule has 7 heteroatoms. The molecule has 0 fully saturated rings. The SMILES string of the molecule is N#CCOc1ccccc1/C=C/c1nc2ccccc2c(=O)n1-c1ccc(C(=O)O)cc1. The smallest absolute Gasteiger partial charge is 0.335 e. The van der Waals surface area contributed by atoms with E-state index < -0.39 is 5.97 Å². The second-order valence-corrected chi connectivity index (χ2v) is 6.80. The van der Waals surface area contributed by atoms with E-state index in [1.165, 1.54) is 16.7 Å². The Labute approximate surface area is 183 Å². The van der Waals surface area contributed by atoms with Gasteiger partial charge in [0.1, 0.15) is 17.6 Å². The Bertz CT molecular complexity index is 1430. The first-order valence-corrected chi connectivity index (χ1v) is 9.71. The maximum atomic E-state index is 13.3. The maximum Gasteiger partial charge on any atom is 0.335 e. The Hall–Kier alpha value is -4.70. The van der Waals surface area contributed by atoms with Gasteiger partial charge in [0, 0.05) is 5.56 Å². The third kappa shape index (κ3) is 4.11. The molecule has 0 aliphatic carbocycles. The summed E-state index contributed by atoms with van der Waals surface area (Å²) in [7, 11) is 0. The van der Waals surface area contributed by atoms with Gasteiger partial charge in [-0.05, 0) is 54.6 Å². The lowest BCUT2D eigenvalue weighted by Crippen LogP contribution is -2.22. The van der Waals surface area contributed by atoms with Crippen molar-refractivity contribution in [1.82, 2.24) is 9.55 Å². The van der Waals surface area contributed by atoms with Gasteiger partial charge in [-0.2, -0.15) is 5.26 Å². The van der Waals surface area contributed by atoms with E-state index in [2.05, 4.69) is 4.98 Å². The highest BCUT2D eigenvalue weighted by molar-refractivity contribution is 5.88. The van der Waals surface area contributed by atoms with Crippen molar-refractivity contribution < 1.29 is 14.6 Å². The molecular weight excluding hydrogens is 406 g/mol. The number of aromatic nitrogens is 2. The molecule has 156 valence electrons. The van der Waals surface area contributed by atoms with Crippen molar-refractivity contribution in [3.05, 3.63) is 100 Å². The van der Waals surface area contributed by atoms with Crippen LogP contribution in [0.5, 0.6) is 5.75 Å². The number of para-hydroxylation sites is 2. The predicted octanol–water partition coefficient (Wildman–Crippen LogP) is 4.16. The number of aromatic carboxylic acids is 1. The lowest BCUT2D eigenvalue weighted by atomic mass is 10.1. The van der Waals surface area contributed by atoms with Gasteiger partial charge in [-0.1, -0.05) is 30.3 Å². The van der Waals surface area contributed by atoms with Crippen LogP contribution < -0.4 is 10.3 Å². The number of carbonyl (C=O) groups is 1. The van der Waals surface area contributed by atoms with E-state index in [0.717, 1.165) is 5.56 Å². The van der Waals surface area contributed by atoms with Gasteiger partial charge in [-0.15, -0.1) is 0 Å². The van der Waals surface area contributed by atoms with Crippen molar-refractivity contribution in [1.29, 1.82) is 5.26 Å². The van der Waals surface area contributed by atoms with E-state index in [1.54, 1.807) is 60.7 Å². The molecule has 0 saturated carbocycles. The number of fused-ring (bicyclic) bond motifs is 1. The van der Waals surface area contributed by atoms with Crippen LogP contribution in [0.15, 0.2) is 77.6 Å². The van der Waals surface area contributed by atoms with Crippen LogP contribution in [-0.2, 0) is 0 Å². The van der Waals surface area contributed by atoms with E-state index in [9.17, 15) is 14.7 Å². The summed E-state index contributed by atoms with van der Waals surface area (Å²) in [5.74, 6) is -0.146. The fourth-order valence-corrected chi connectivity index (χ4v) is 3.29. The molecule has 7 nitrogen and oxygen atoms in total. The number of rotatable bonds is 6. The van der Waals surface area contributed by atoms with Crippen molar-refractivity contribution in [2.75, 3.05) is 6.61 Å². The lowest BCUT2D eigenvalue weighted by Gasteiger charge is -2.12. The van der Waals surface area contributed by atoms with Crippen molar-refractivity contribution in [3.63, 3.8) is 0 Å². The number of nitrogens with zero attached hydrogens (tertiary/aromatic N) is 3. The molecule has 32 heavy (non-hydrogen) atoms. The van der Waals surface area contributed by atoms with Crippen molar-refractivity contribution >= 4 is 29.0 Å². The fraction of sp³-hybridized carbons (Fsp3) is 0.0400. The summed E-state index contributed by atoms with van der Waals surface area (Å²) in [6, 6.07) is 22.2. The molecule has 0 amide bonds. The summed E-state index contributed by atoms with van der Waals surface area (Å²) in [5.41, 5.74) is 1.61. The topological polar surface area (TPSA) is 105 Å². The molecule has 0 aliphatic rings. The van der Waals surface area contributed by atoms with Gasteiger partial charge < -0.3 is 9.84 Å².